The normalized spacial score (nSPS) is 10.9. The van der Waals surface area contributed by atoms with Crippen LogP contribution in [0.15, 0.2) is 60.1 Å². The molecule has 0 radical (unpaired) electrons. The molecule has 0 aliphatic rings. The second-order valence-corrected chi connectivity index (χ2v) is 8.21. The minimum absolute atomic E-state index is 0.559. The Morgan fingerprint density at radius 1 is 1.10 bits per heavy atom. The van der Waals surface area contributed by atoms with Crippen LogP contribution >= 0.6 is 35.0 Å². The monoisotopic (exact) mass is 439 g/mol. The van der Waals surface area contributed by atoms with E-state index in [1.54, 1.807) is 42.4 Å². The van der Waals surface area contributed by atoms with E-state index >= 15 is 0 Å². The van der Waals surface area contributed by atoms with Crippen LogP contribution in [0.1, 0.15) is 17.7 Å². The summed E-state index contributed by atoms with van der Waals surface area (Å²) in [5.74, 6) is 0.875. The maximum absolute atomic E-state index is 8.85. The minimum atomic E-state index is 0.559. The zero-order chi connectivity index (χ0) is 20.2. The van der Waals surface area contributed by atoms with Crippen LogP contribution in [0.2, 0.25) is 10.0 Å². The summed E-state index contributed by atoms with van der Waals surface area (Å²) >= 11 is 14.1. The third kappa shape index (κ3) is 4.54. The number of benzene rings is 1. The Balaban J connectivity index is 1.50. The van der Waals surface area contributed by atoms with Crippen LogP contribution in [-0.4, -0.2) is 25.1 Å². The first-order chi connectivity index (χ1) is 14.1. The van der Waals surface area contributed by atoms with Gasteiger partial charge in [-0.15, -0.1) is 0 Å². The maximum Gasteiger partial charge on any atom is 0.174 e. The number of fused-ring (bicyclic) bond motifs is 1. The Morgan fingerprint density at radius 2 is 2.00 bits per heavy atom. The predicted molar refractivity (Wildman–Crippen MR) is 116 cm³/mol. The zero-order valence-electron chi connectivity index (χ0n) is 15.2. The van der Waals surface area contributed by atoms with Gasteiger partial charge in [-0.25, -0.2) is 9.97 Å². The number of aryl methyl sites for hydroxylation is 1. The number of hydrogen-bond donors (Lipinski definition) is 0. The molecule has 5 nitrogen and oxygen atoms in total. The van der Waals surface area contributed by atoms with Gasteiger partial charge < -0.3 is 0 Å². The number of imidazole rings is 1. The lowest BCUT2D eigenvalue weighted by Crippen LogP contribution is -1.98. The largest absolute Gasteiger partial charge is 0.279 e. The fraction of sp³-hybridized carbons (Fsp3) is 0.143. The lowest BCUT2D eigenvalue weighted by Gasteiger charge is -2.09. The minimum Gasteiger partial charge on any atom is -0.279 e. The van der Waals surface area contributed by atoms with Crippen LogP contribution in [0.4, 0.5) is 0 Å². The second-order valence-electron chi connectivity index (χ2n) is 6.31. The molecule has 4 rings (SSSR count). The van der Waals surface area contributed by atoms with E-state index in [4.69, 9.17) is 33.4 Å². The molecule has 0 spiro atoms. The highest BCUT2D eigenvalue weighted by molar-refractivity contribution is 7.99. The Morgan fingerprint density at radius 3 is 2.76 bits per heavy atom. The van der Waals surface area contributed by atoms with Gasteiger partial charge >= 0.3 is 0 Å². The average Bonchev–Trinajstić information content (AvgIpc) is 3.20. The van der Waals surface area contributed by atoms with Crippen LogP contribution in [0.25, 0.3) is 16.9 Å². The van der Waals surface area contributed by atoms with E-state index in [-0.39, 0.29) is 0 Å². The molecular weight excluding hydrogens is 425 g/mol. The number of halogens is 2. The van der Waals surface area contributed by atoms with Crippen molar-refractivity contribution in [1.29, 1.82) is 5.26 Å². The quantitative estimate of drug-likeness (QED) is 0.219. The fourth-order valence-corrected chi connectivity index (χ4v) is 4.32. The lowest BCUT2D eigenvalue weighted by atomic mass is 10.1. The summed E-state index contributed by atoms with van der Waals surface area (Å²) in [6.45, 7) is 0. The van der Waals surface area contributed by atoms with Gasteiger partial charge in [-0.1, -0.05) is 35.0 Å². The molecule has 0 aliphatic heterocycles. The predicted octanol–water partition coefficient (Wildman–Crippen LogP) is 5.69. The summed E-state index contributed by atoms with van der Waals surface area (Å²) in [4.78, 5) is 13.5. The first-order valence-electron chi connectivity index (χ1n) is 8.91. The molecule has 0 unspecified atom stereocenters. The highest BCUT2D eigenvalue weighted by Crippen LogP contribution is 2.31. The van der Waals surface area contributed by atoms with Crippen LogP contribution in [-0.2, 0) is 6.42 Å². The van der Waals surface area contributed by atoms with E-state index < -0.39 is 0 Å². The summed E-state index contributed by atoms with van der Waals surface area (Å²) in [5, 5.41) is 10.9. The average molecular weight is 440 g/mol. The van der Waals surface area contributed by atoms with Crippen molar-refractivity contribution in [1.82, 2.24) is 19.4 Å². The summed E-state index contributed by atoms with van der Waals surface area (Å²) in [6, 6.07) is 13.1. The highest BCUT2D eigenvalue weighted by Gasteiger charge is 2.12. The van der Waals surface area contributed by atoms with E-state index in [9.17, 15) is 0 Å². The number of aromatic nitrogens is 4. The van der Waals surface area contributed by atoms with Gasteiger partial charge in [0.15, 0.2) is 5.16 Å². The molecule has 3 heterocycles. The van der Waals surface area contributed by atoms with Crippen molar-refractivity contribution in [2.45, 2.75) is 18.0 Å². The van der Waals surface area contributed by atoms with Crippen molar-refractivity contribution in [2.24, 2.45) is 0 Å². The summed E-state index contributed by atoms with van der Waals surface area (Å²) in [7, 11) is 0. The van der Waals surface area contributed by atoms with E-state index in [0.29, 0.717) is 15.6 Å². The fourth-order valence-electron chi connectivity index (χ4n) is 2.89. The molecule has 0 atom stereocenters. The van der Waals surface area contributed by atoms with Crippen LogP contribution < -0.4 is 0 Å². The molecule has 0 N–H and O–H groups in total. The van der Waals surface area contributed by atoms with Crippen LogP contribution in [0.5, 0.6) is 0 Å². The van der Waals surface area contributed by atoms with E-state index in [1.807, 2.05) is 28.8 Å². The molecule has 29 heavy (non-hydrogen) atoms. The zero-order valence-corrected chi connectivity index (χ0v) is 17.5. The number of hydrogen-bond acceptors (Lipinski definition) is 5. The number of thioether (sulfide) groups is 1. The molecular formula is C21H15Cl2N5S. The molecule has 0 amide bonds. The first-order valence-corrected chi connectivity index (χ1v) is 10.7. The number of rotatable bonds is 6. The van der Waals surface area contributed by atoms with Crippen molar-refractivity contribution < 1.29 is 0 Å². The molecule has 0 bridgehead atoms. The van der Waals surface area contributed by atoms with Crippen molar-refractivity contribution in [3.8, 4) is 17.3 Å². The summed E-state index contributed by atoms with van der Waals surface area (Å²) in [5.41, 5.74) is 3.96. The molecule has 1 aromatic carbocycles. The van der Waals surface area contributed by atoms with Gasteiger partial charge in [0.05, 0.1) is 16.3 Å². The summed E-state index contributed by atoms with van der Waals surface area (Å²) in [6.07, 6.45) is 7.05. The standard InChI is InChI=1S/C21H15Cl2N5S/c22-15-4-6-17(18(23)10-15)19-11-20-25-7-8-28(20)21(27-19)29-9-1-2-16-5-3-14(12-24)13-26-16/h3-8,10-11,13H,1-2,9H2. The molecule has 8 heteroatoms. The SMILES string of the molecule is N#Cc1ccc(CCCSc2nc(-c3ccc(Cl)cc3Cl)cc3nccn23)nc1. The number of nitrogens with zero attached hydrogens (tertiary/aromatic N) is 5. The second kappa shape index (κ2) is 8.83. The molecule has 0 aliphatic carbocycles. The van der Waals surface area contributed by atoms with Gasteiger partial charge in [-0.2, -0.15) is 5.26 Å². The Bertz CT molecular complexity index is 1200. The van der Waals surface area contributed by atoms with E-state index in [1.165, 1.54) is 0 Å². The first kappa shape index (κ1) is 19.7. The smallest absolute Gasteiger partial charge is 0.174 e. The van der Waals surface area contributed by atoms with Gasteiger partial charge in [-0.05, 0) is 43.2 Å². The van der Waals surface area contributed by atoms with Crippen molar-refractivity contribution in [3.05, 3.63) is 76.3 Å². The van der Waals surface area contributed by atoms with Crippen molar-refractivity contribution in [3.63, 3.8) is 0 Å². The maximum atomic E-state index is 8.85. The van der Waals surface area contributed by atoms with Gasteiger partial charge in [-0.3, -0.25) is 9.38 Å². The van der Waals surface area contributed by atoms with Gasteiger partial charge in [0.2, 0.25) is 0 Å². The molecule has 0 fully saturated rings. The Kier molecular flexibility index (Phi) is 6.00. The highest BCUT2D eigenvalue weighted by atomic mass is 35.5. The third-order valence-corrected chi connectivity index (χ3v) is 5.91. The van der Waals surface area contributed by atoms with Gasteiger partial charge in [0.25, 0.3) is 0 Å². The topological polar surface area (TPSA) is 66.9 Å². The van der Waals surface area contributed by atoms with Gasteiger partial charge in [0, 0.05) is 46.7 Å². The molecule has 144 valence electrons. The number of nitriles is 1. The molecule has 4 aromatic rings. The Hall–Kier alpha value is -2.59. The van der Waals surface area contributed by atoms with E-state index in [0.717, 1.165) is 46.3 Å². The van der Waals surface area contributed by atoms with Crippen LogP contribution in [0.3, 0.4) is 0 Å². The number of pyridine rings is 1. The third-order valence-electron chi connectivity index (χ3n) is 4.33. The van der Waals surface area contributed by atoms with E-state index in [2.05, 4.69) is 16.0 Å². The van der Waals surface area contributed by atoms with Crippen molar-refractivity contribution in [2.75, 3.05) is 5.75 Å². The molecule has 0 saturated heterocycles. The van der Waals surface area contributed by atoms with Gasteiger partial charge in [0.1, 0.15) is 11.7 Å². The van der Waals surface area contributed by atoms with Crippen LogP contribution in [0, 0.1) is 11.3 Å². The molecule has 0 saturated carbocycles. The van der Waals surface area contributed by atoms with Crippen molar-refractivity contribution >= 4 is 40.6 Å². The lowest BCUT2D eigenvalue weighted by molar-refractivity contribution is 0.874. The Labute approximate surface area is 182 Å². The molecule has 3 aromatic heterocycles. The summed E-state index contributed by atoms with van der Waals surface area (Å²) < 4.78 is 1.97.